The SMILES string of the molecule is CC(C)CNC(=O)CCNc1cc(NN)nc(N)n1. The quantitative estimate of drug-likeness (QED) is 0.345. The lowest BCUT2D eigenvalue weighted by atomic mass is 10.2. The molecule has 0 aromatic carbocycles. The minimum Gasteiger partial charge on any atom is -0.369 e. The highest BCUT2D eigenvalue weighted by Crippen LogP contribution is 2.10. The largest absolute Gasteiger partial charge is 0.369 e. The van der Waals surface area contributed by atoms with E-state index in [-0.39, 0.29) is 11.9 Å². The minimum atomic E-state index is 0.000372. The summed E-state index contributed by atoms with van der Waals surface area (Å²) in [6.45, 7) is 5.23. The monoisotopic (exact) mass is 267 g/mol. The maximum Gasteiger partial charge on any atom is 0.223 e. The number of nitrogens with one attached hydrogen (secondary N) is 3. The van der Waals surface area contributed by atoms with Crippen molar-refractivity contribution in [2.45, 2.75) is 20.3 Å². The third kappa shape index (κ3) is 5.87. The van der Waals surface area contributed by atoms with Crippen LogP contribution in [0.3, 0.4) is 0 Å². The van der Waals surface area contributed by atoms with Crippen LogP contribution in [0.2, 0.25) is 0 Å². The molecule has 0 saturated heterocycles. The van der Waals surface area contributed by atoms with Crippen molar-refractivity contribution in [3.8, 4) is 0 Å². The van der Waals surface area contributed by atoms with Gasteiger partial charge in [-0.2, -0.15) is 9.97 Å². The van der Waals surface area contributed by atoms with Crippen molar-refractivity contribution in [3.05, 3.63) is 6.07 Å². The van der Waals surface area contributed by atoms with Gasteiger partial charge >= 0.3 is 0 Å². The topological polar surface area (TPSA) is 131 Å². The normalized spacial score (nSPS) is 10.3. The molecule has 0 fully saturated rings. The van der Waals surface area contributed by atoms with Crippen LogP contribution in [-0.2, 0) is 4.79 Å². The number of nitrogens with zero attached hydrogens (tertiary/aromatic N) is 2. The lowest BCUT2D eigenvalue weighted by molar-refractivity contribution is -0.120. The second kappa shape index (κ2) is 7.37. The fraction of sp³-hybridized carbons (Fsp3) is 0.545. The molecule has 1 aromatic heterocycles. The van der Waals surface area contributed by atoms with E-state index in [1.807, 2.05) is 13.8 Å². The molecule has 0 aliphatic heterocycles. The van der Waals surface area contributed by atoms with Gasteiger partial charge in [-0.1, -0.05) is 13.8 Å². The average molecular weight is 267 g/mol. The number of carbonyl (C=O) groups excluding carboxylic acids is 1. The molecule has 8 nitrogen and oxygen atoms in total. The Labute approximate surface area is 112 Å². The van der Waals surface area contributed by atoms with Crippen LogP contribution in [0.15, 0.2) is 6.07 Å². The first kappa shape index (κ1) is 15.0. The van der Waals surface area contributed by atoms with E-state index in [1.54, 1.807) is 6.07 Å². The molecular formula is C11H21N7O. The van der Waals surface area contributed by atoms with E-state index in [4.69, 9.17) is 11.6 Å². The van der Waals surface area contributed by atoms with Crippen LogP contribution in [0.5, 0.6) is 0 Å². The van der Waals surface area contributed by atoms with Crippen LogP contribution in [0.4, 0.5) is 17.6 Å². The summed E-state index contributed by atoms with van der Waals surface area (Å²) in [5.41, 5.74) is 7.90. The van der Waals surface area contributed by atoms with Gasteiger partial charge in [0.2, 0.25) is 11.9 Å². The lowest BCUT2D eigenvalue weighted by Gasteiger charge is -2.09. The van der Waals surface area contributed by atoms with Crippen LogP contribution in [0.1, 0.15) is 20.3 Å². The predicted molar refractivity (Wildman–Crippen MR) is 75.2 cm³/mol. The van der Waals surface area contributed by atoms with Crippen molar-refractivity contribution < 1.29 is 4.79 Å². The number of hydrazine groups is 1. The van der Waals surface area contributed by atoms with Gasteiger partial charge in [0.1, 0.15) is 11.6 Å². The number of nitrogens with two attached hydrogens (primary N) is 2. The molecule has 7 N–H and O–H groups in total. The van der Waals surface area contributed by atoms with Crippen LogP contribution >= 0.6 is 0 Å². The molecule has 19 heavy (non-hydrogen) atoms. The summed E-state index contributed by atoms with van der Waals surface area (Å²) >= 11 is 0. The molecule has 1 amide bonds. The molecule has 0 aliphatic carbocycles. The maximum atomic E-state index is 11.5. The number of hydrogen-bond donors (Lipinski definition) is 5. The average Bonchev–Trinajstić information content (AvgIpc) is 2.35. The molecule has 0 bridgehead atoms. The third-order valence-electron chi connectivity index (χ3n) is 2.26. The van der Waals surface area contributed by atoms with Crippen LogP contribution in [-0.4, -0.2) is 29.0 Å². The third-order valence-corrected chi connectivity index (χ3v) is 2.26. The first-order chi connectivity index (χ1) is 9.01. The van der Waals surface area contributed by atoms with Crippen molar-refractivity contribution in [2.75, 3.05) is 29.6 Å². The summed E-state index contributed by atoms with van der Waals surface area (Å²) in [5, 5.41) is 5.82. The van der Waals surface area contributed by atoms with Crippen LogP contribution in [0, 0.1) is 5.92 Å². The molecule has 1 aromatic rings. The number of hydrogen-bond acceptors (Lipinski definition) is 7. The zero-order chi connectivity index (χ0) is 14.3. The number of anilines is 3. The van der Waals surface area contributed by atoms with Crippen molar-refractivity contribution in [1.82, 2.24) is 15.3 Å². The van der Waals surface area contributed by atoms with Gasteiger partial charge in [-0.15, -0.1) is 0 Å². The number of nitrogen functional groups attached to an aromatic ring is 2. The molecule has 1 heterocycles. The van der Waals surface area contributed by atoms with E-state index in [0.717, 1.165) is 0 Å². The molecule has 0 aliphatic rings. The lowest BCUT2D eigenvalue weighted by Crippen LogP contribution is -2.28. The van der Waals surface area contributed by atoms with E-state index in [0.29, 0.717) is 37.1 Å². The summed E-state index contributed by atoms with van der Waals surface area (Å²) < 4.78 is 0. The zero-order valence-electron chi connectivity index (χ0n) is 11.2. The predicted octanol–water partition coefficient (Wildman–Crippen LogP) is -0.0814. The first-order valence-electron chi connectivity index (χ1n) is 6.13. The smallest absolute Gasteiger partial charge is 0.223 e. The number of carbonyl (C=O) groups is 1. The van der Waals surface area contributed by atoms with Crippen molar-refractivity contribution in [2.24, 2.45) is 11.8 Å². The van der Waals surface area contributed by atoms with Gasteiger partial charge in [-0.3, -0.25) is 4.79 Å². The minimum absolute atomic E-state index is 0.000372. The number of rotatable bonds is 7. The van der Waals surface area contributed by atoms with E-state index < -0.39 is 0 Å². The van der Waals surface area contributed by atoms with Gasteiger partial charge in [0.15, 0.2) is 0 Å². The molecule has 0 radical (unpaired) electrons. The molecule has 0 atom stereocenters. The van der Waals surface area contributed by atoms with E-state index in [1.165, 1.54) is 0 Å². The van der Waals surface area contributed by atoms with E-state index >= 15 is 0 Å². The Kier molecular flexibility index (Phi) is 5.80. The Bertz CT molecular complexity index is 422. The summed E-state index contributed by atoms with van der Waals surface area (Å²) in [7, 11) is 0. The summed E-state index contributed by atoms with van der Waals surface area (Å²) in [5.74, 6) is 6.74. The van der Waals surface area contributed by atoms with Crippen molar-refractivity contribution >= 4 is 23.5 Å². The van der Waals surface area contributed by atoms with Gasteiger partial charge in [-0.05, 0) is 5.92 Å². The van der Waals surface area contributed by atoms with Gasteiger partial charge in [0.25, 0.3) is 0 Å². The highest BCUT2D eigenvalue weighted by atomic mass is 16.1. The zero-order valence-corrected chi connectivity index (χ0v) is 11.2. The Hall–Kier alpha value is -2.09. The molecule has 0 saturated carbocycles. The molecule has 0 unspecified atom stereocenters. The van der Waals surface area contributed by atoms with Gasteiger partial charge in [0, 0.05) is 25.6 Å². The summed E-state index contributed by atoms with van der Waals surface area (Å²) in [4.78, 5) is 19.3. The molecule has 1 rings (SSSR count). The van der Waals surface area contributed by atoms with Crippen LogP contribution in [0.25, 0.3) is 0 Å². The van der Waals surface area contributed by atoms with Gasteiger partial charge in [0.05, 0.1) is 0 Å². The van der Waals surface area contributed by atoms with Crippen molar-refractivity contribution in [3.63, 3.8) is 0 Å². The molecular weight excluding hydrogens is 246 g/mol. The fourth-order valence-electron chi connectivity index (χ4n) is 1.34. The second-order valence-electron chi connectivity index (χ2n) is 4.52. The maximum absolute atomic E-state index is 11.5. The Balaban J connectivity index is 2.36. The summed E-state index contributed by atoms with van der Waals surface area (Å²) in [6.07, 6.45) is 0.363. The number of aromatic nitrogens is 2. The van der Waals surface area contributed by atoms with E-state index in [2.05, 4.69) is 26.0 Å². The molecule has 106 valence electrons. The van der Waals surface area contributed by atoms with Crippen molar-refractivity contribution in [1.29, 1.82) is 0 Å². The Morgan fingerprint density at radius 3 is 2.68 bits per heavy atom. The number of amides is 1. The van der Waals surface area contributed by atoms with Gasteiger partial charge in [-0.25, -0.2) is 5.84 Å². The molecule has 0 spiro atoms. The molecule has 8 heteroatoms. The Morgan fingerprint density at radius 1 is 1.37 bits per heavy atom. The summed E-state index contributed by atoms with van der Waals surface area (Å²) in [6, 6.07) is 1.61. The van der Waals surface area contributed by atoms with Gasteiger partial charge < -0.3 is 21.8 Å². The standard InChI is InChI=1S/C11H21N7O/c1-7(2)6-15-10(19)3-4-14-8-5-9(18-13)17-11(12)16-8/h5,7H,3-4,6,13H2,1-2H3,(H,15,19)(H4,12,14,16,17,18). The first-order valence-corrected chi connectivity index (χ1v) is 6.13. The highest BCUT2D eigenvalue weighted by molar-refractivity contribution is 5.76. The second-order valence-corrected chi connectivity index (χ2v) is 4.52. The highest BCUT2D eigenvalue weighted by Gasteiger charge is 2.04. The van der Waals surface area contributed by atoms with Crippen LogP contribution < -0.4 is 27.6 Å². The Morgan fingerprint density at radius 2 is 2.05 bits per heavy atom. The fourth-order valence-corrected chi connectivity index (χ4v) is 1.34. The van der Waals surface area contributed by atoms with E-state index in [9.17, 15) is 4.79 Å².